The lowest BCUT2D eigenvalue weighted by Crippen LogP contribution is -2.40. The van der Waals surface area contributed by atoms with Crippen LogP contribution in [0.15, 0.2) is 12.1 Å². The summed E-state index contributed by atoms with van der Waals surface area (Å²) in [5.74, 6) is -0.0505. The summed E-state index contributed by atoms with van der Waals surface area (Å²) in [6, 6.07) is 3.51. The van der Waals surface area contributed by atoms with E-state index in [1.165, 1.54) is 0 Å². The molecule has 1 aromatic carbocycles. The Morgan fingerprint density at radius 3 is 2.22 bits per heavy atom. The second-order valence-corrected chi connectivity index (χ2v) is 5.90. The van der Waals surface area contributed by atoms with Gasteiger partial charge in [-0.2, -0.15) is 8.78 Å². The van der Waals surface area contributed by atoms with Crippen molar-refractivity contribution in [2.75, 3.05) is 0 Å². The number of aryl methyl sites for hydroxylation is 2. The predicted molar refractivity (Wildman–Crippen MR) is 87.5 cm³/mol. The van der Waals surface area contributed by atoms with Gasteiger partial charge in [-0.3, -0.25) is 4.79 Å². The first kappa shape index (κ1) is 19.6. The normalized spacial score (nSPS) is 20.8. The maximum absolute atomic E-state index is 12.4. The molecule has 0 saturated heterocycles. The van der Waals surface area contributed by atoms with E-state index in [4.69, 9.17) is 5.73 Å². The van der Waals surface area contributed by atoms with Crippen molar-refractivity contribution in [2.45, 2.75) is 58.2 Å². The number of carbonyl (C=O) groups is 1. The van der Waals surface area contributed by atoms with Crippen molar-refractivity contribution in [2.24, 2.45) is 5.73 Å². The van der Waals surface area contributed by atoms with Crippen LogP contribution in [0.2, 0.25) is 0 Å². The average molecular weight is 349 g/mol. The highest BCUT2D eigenvalue weighted by atomic mass is 35.5. The van der Waals surface area contributed by atoms with Crippen molar-refractivity contribution >= 4 is 18.3 Å². The fraction of sp³-hybridized carbons (Fsp3) is 0.562. The van der Waals surface area contributed by atoms with Gasteiger partial charge >= 0.3 is 6.61 Å². The highest BCUT2D eigenvalue weighted by molar-refractivity contribution is 5.95. The van der Waals surface area contributed by atoms with Gasteiger partial charge in [0.25, 0.3) is 5.91 Å². The van der Waals surface area contributed by atoms with Gasteiger partial charge in [0.05, 0.1) is 0 Å². The van der Waals surface area contributed by atoms with Crippen LogP contribution in [-0.2, 0) is 0 Å². The Morgan fingerprint density at radius 2 is 1.74 bits per heavy atom. The molecule has 4 nitrogen and oxygen atoms in total. The molecule has 1 aliphatic carbocycles. The molecule has 0 spiro atoms. The van der Waals surface area contributed by atoms with E-state index >= 15 is 0 Å². The van der Waals surface area contributed by atoms with Gasteiger partial charge in [0, 0.05) is 17.6 Å². The Labute approximate surface area is 141 Å². The minimum absolute atomic E-state index is 0. The average Bonchev–Trinajstić information content (AvgIpc) is 2.45. The molecule has 0 unspecified atom stereocenters. The number of benzene rings is 1. The Hall–Kier alpha value is -1.40. The van der Waals surface area contributed by atoms with Crippen LogP contribution in [0, 0.1) is 13.8 Å². The summed E-state index contributed by atoms with van der Waals surface area (Å²) < 4.78 is 29.2. The van der Waals surface area contributed by atoms with Crippen molar-refractivity contribution in [3.05, 3.63) is 28.8 Å². The van der Waals surface area contributed by atoms with E-state index < -0.39 is 6.61 Å². The molecule has 1 amide bonds. The van der Waals surface area contributed by atoms with Gasteiger partial charge in [-0.25, -0.2) is 0 Å². The SMILES string of the molecule is Cc1cc(C(=O)NC2CCC(N)CC2)cc(C)c1OC(F)F.Cl. The molecule has 1 saturated carbocycles. The van der Waals surface area contributed by atoms with Crippen molar-refractivity contribution in [1.82, 2.24) is 5.32 Å². The lowest BCUT2D eigenvalue weighted by atomic mass is 9.91. The number of alkyl halides is 2. The molecule has 1 aliphatic rings. The molecule has 0 atom stereocenters. The Balaban J connectivity index is 0.00000264. The fourth-order valence-electron chi connectivity index (χ4n) is 2.89. The maximum atomic E-state index is 12.4. The minimum atomic E-state index is -2.87. The maximum Gasteiger partial charge on any atom is 0.387 e. The molecule has 0 heterocycles. The zero-order chi connectivity index (χ0) is 16.3. The topological polar surface area (TPSA) is 64.4 Å². The van der Waals surface area contributed by atoms with E-state index in [0.717, 1.165) is 25.7 Å². The van der Waals surface area contributed by atoms with Gasteiger partial charge in [0.1, 0.15) is 5.75 Å². The molecule has 130 valence electrons. The zero-order valence-corrected chi connectivity index (χ0v) is 14.1. The smallest absolute Gasteiger partial charge is 0.387 e. The summed E-state index contributed by atoms with van der Waals surface area (Å²) in [6.45, 7) is 0.436. The third kappa shape index (κ3) is 5.32. The number of amides is 1. The minimum Gasteiger partial charge on any atom is -0.434 e. The summed E-state index contributed by atoms with van der Waals surface area (Å²) >= 11 is 0. The number of carbonyl (C=O) groups excluding carboxylic acids is 1. The second kappa shape index (κ2) is 8.45. The number of nitrogens with one attached hydrogen (secondary N) is 1. The number of halogens is 3. The van der Waals surface area contributed by atoms with E-state index in [9.17, 15) is 13.6 Å². The van der Waals surface area contributed by atoms with Gasteiger partial charge < -0.3 is 15.8 Å². The van der Waals surface area contributed by atoms with Crippen LogP contribution in [-0.4, -0.2) is 24.6 Å². The molecule has 1 fully saturated rings. The number of nitrogens with two attached hydrogens (primary N) is 1. The van der Waals surface area contributed by atoms with Crippen molar-refractivity contribution in [1.29, 1.82) is 0 Å². The lowest BCUT2D eigenvalue weighted by molar-refractivity contribution is -0.0507. The standard InChI is InChI=1S/C16H22F2N2O2.ClH/c1-9-7-11(8-10(2)14(9)22-16(17)18)15(21)20-13-5-3-12(19)4-6-13;/h7-8,12-13,16H,3-6,19H2,1-2H3,(H,20,21);1H. The first-order valence-electron chi connectivity index (χ1n) is 7.49. The van der Waals surface area contributed by atoms with Gasteiger partial charge in [0.15, 0.2) is 0 Å². The molecule has 0 bridgehead atoms. The Bertz CT molecular complexity index is 524. The molecule has 3 N–H and O–H groups in total. The molecule has 1 aromatic rings. The second-order valence-electron chi connectivity index (χ2n) is 5.90. The largest absolute Gasteiger partial charge is 0.434 e. The first-order valence-corrected chi connectivity index (χ1v) is 7.49. The van der Waals surface area contributed by atoms with Crippen molar-refractivity contribution in [3.63, 3.8) is 0 Å². The van der Waals surface area contributed by atoms with E-state index in [0.29, 0.717) is 16.7 Å². The first-order chi connectivity index (χ1) is 10.4. The molecule has 23 heavy (non-hydrogen) atoms. The van der Waals surface area contributed by atoms with E-state index in [1.54, 1.807) is 26.0 Å². The molecule has 7 heteroatoms. The van der Waals surface area contributed by atoms with Crippen LogP contribution < -0.4 is 15.8 Å². The molecule has 2 rings (SSSR count). The number of hydrogen-bond donors (Lipinski definition) is 2. The van der Waals surface area contributed by atoms with Crippen LogP contribution in [0.1, 0.15) is 47.2 Å². The van der Waals surface area contributed by atoms with Crippen LogP contribution in [0.3, 0.4) is 0 Å². The molecule has 0 radical (unpaired) electrons. The predicted octanol–water partition coefficient (Wildman–Crippen LogP) is 3.33. The van der Waals surface area contributed by atoms with Gasteiger partial charge in [-0.1, -0.05) is 0 Å². The molecule has 0 aliphatic heterocycles. The van der Waals surface area contributed by atoms with E-state index in [2.05, 4.69) is 10.1 Å². The van der Waals surface area contributed by atoms with Gasteiger partial charge in [0.2, 0.25) is 0 Å². The summed E-state index contributed by atoms with van der Waals surface area (Å²) in [7, 11) is 0. The molecular weight excluding hydrogens is 326 g/mol. The Morgan fingerprint density at radius 1 is 1.22 bits per heavy atom. The third-order valence-electron chi connectivity index (χ3n) is 4.04. The van der Waals surface area contributed by atoms with E-state index in [-0.39, 0.29) is 36.1 Å². The van der Waals surface area contributed by atoms with Crippen LogP contribution in [0.4, 0.5) is 8.78 Å². The summed E-state index contributed by atoms with van der Waals surface area (Å²) in [6.07, 6.45) is 3.56. The highest BCUT2D eigenvalue weighted by Crippen LogP contribution is 2.27. The van der Waals surface area contributed by atoms with Crippen molar-refractivity contribution < 1.29 is 18.3 Å². The van der Waals surface area contributed by atoms with Crippen molar-refractivity contribution in [3.8, 4) is 5.75 Å². The lowest BCUT2D eigenvalue weighted by Gasteiger charge is -2.27. The third-order valence-corrected chi connectivity index (χ3v) is 4.04. The quantitative estimate of drug-likeness (QED) is 0.877. The van der Waals surface area contributed by atoms with E-state index in [1.807, 2.05) is 0 Å². The summed E-state index contributed by atoms with van der Waals surface area (Å²) in [5.41, 5.74) is 7.36. The van der Waals surface area contributed by atoms with Crippen LogP contribution >= 0.6 is 12.4 Å². The monoisotopic (exact) mass is 348 g/mol. The molecule has 0 aromatic heterocycles. The fourth-order valence-corrected chi connectivity index (χ4v) is 2.89. The molecular formula is C16H23ClF2N2O2. The summed E-state index contributed by atoms with van der Waals surface area (Å²) in [5, 5.41) is 2.99. The number of hydrogen-bond acceptors (Lipinski definition) is 3. The van der Waals surface area contributed by atoms with Gasteiger partial charge in [-0.05, 0) is 62.8 Å². The summed E-state index contributed by atoms with van der Waals surface area (Å²) in [4.78, 5) is 12.3. The number of rotatable bonds is 4. The van der Waals surface area contributed by atoms with Crippen LogP contribution in [0.5, 0.6) is 5.75 Å². The van der Waals surface area contributed by atoms with Crippen LogP contribution in [0.25, 0.3) is 0 Å². The number of ether oxygens (including phenoxy) is 1. The van der Waals surface area contributed by atoms with Gasteiger partial charge in [-0.15, -0.1) is 12.4 Å². The zero-order valence-electron chi connectivity index (χ0n) is 13.3. The Kier molecular flexibility index (Phi) is 7.22. The highest BCUT2D eigenvalue weighted by Gasteiger charge is 2.21.